The molecule has 4 rings (SSSR count). The van der Waals surface area contributed by atoms with Crippen LogP contribution in [0.4, 0.5) is 0 Å². The van der Waals surface area contributed by atoms with Crippen LogP contribution in [0.5, 0.6) is 0 Å². The van der Waals surface area contributed by atoms with Gasteiger partial charge in [-0.2, -0.15) is 0 Å². The Hall–Kier alpha value is -2.60. The van der Waals surface area contributed by atoms with Crippen LogP contribution in [0, 0.1) is 0 Å². The van der Waals surface area contributed by atoms with Crippen molar-refractivity contribution in [3.05, 3.63) is 84.4 Å². The highest BCUT2D eigenvalue weighted by Gasteiger charge is 2.06. The Morgan fingerprint density at radius 1 is 0.533 bits per heavy atom. The first kappa shape index (κ1) is 20.7. The minimum Gasteiger partial charge on any atom is -0.0654 e. The second-order valence-corrected chi connectivity index (χ2v) is 8.65. The standard InChI is InChI=1S/C30H34/c1-2-3-4-5-6-7-8-9-13-24-18-20-25(21-19-24)29-17-12-16-28-22-26-14-10-11-15-27(26)23-30(28)29/h10-12,14-23H,2-9,13H2,1H3. The van der Waals surface area contributed by atoms with Gasteiger partial charge in [-0.1, -0.05) is 119 Å². The molecule has 0 aliphatic rings. The quantitative estimate of drug-likeness (QED) is 0.186. The van der Waals surface area contributed by atoms with Crippen molar-refractivity contribution in [2.24, 2.45) is 0 Å². The fraction of sp³-hybridized carbons (Fsp3) is 0.333. The fourth-order valence-corrected chi connectivity index (χ4v) is 4.53. The summed E-state index contributed by atoms with van der Waals surface area (Å²) in [7, 11) is 0. The number of benzene rings is 4. The summed E-state index contributed by atoms with van der Waals surface area (Å²) in [6, 6.07) is 29.2. The molecule has 154 valence electrons. The molecule has 4 aromatic rings. The Morgan fingerprint density at radius 2 is 1.17 bits per heavy atom. The average Bonchev–Trinajstić information content (AvgIpc) is 2.79. The van der Waals surface area contributed by atoms with E-state index < -0.39 is 0 Å². The molecule has 0 unspecified atom stereocenters. The Balaban J connectivity index is 1.40. The van der Waals surface area contributed by atoms with Gasteiger partial charge < -0.3 is 0 Å². The highest BCUT2D eigenvalue weighted by atomic mass is 14.1. The number of rotatable bonds is 10. The predicted molar refractivity (Wildman–Crippen MR) is 133 cm³/mol. The monoisotopic (exact) mass is 394 g/mol. The normalized spacial score (nSPS) is 11.4. The topological polar surface area (TPSA) is 0 Å². The smallest absolute Gasteiger partial charge is 0.00990 e. The molecule has 0 amide bonds. The van der Waals surface area contributed by atoms with Crippen molar-refractivity contribution >= 4 is 21.5 Å². The summed E-state index contributed by atoms with van der Waals surface area (Å²) < 4.78 is 0. The Bertz CT molecular complexity index is 1070. The maximum Gasteiger partial charge on any atom is -0.00990 e. The number of hydrogen-bond donors (Lipinski definition) is 0. The van der Waals surface area contributed by atoms with Crippen molar-refractivity contribution in [2.75, 3.05) is 0 Å². The highest BCUT2D eigenvalue weighted by molar-refractivity contribution is 6.04. The van der Waals surface area contributed by atoms with E-state index in [0.717, 1.165) is 0 Å². The molecule has 0 nitrogen and oxygen atoms in total. The van der Waals surface area contributed by atoms with E-state index in [-0.39, 0.29) is 0 Å². The van der Waals surface area contributed by atoms with Gasteiger partial charge in [-0.05, 0) is 63.2 Å². The van der Waals surface area contributed by atoms with Crippen LogP contribution in [0.3, 0.4) is 0 Å². The molecule has 0 saturated carbocycles. The van der Waals surface area contributed by atoms with E-state index in [4.69, 9.17) is 0 Å². The largest absolute Gasteiger partial charge is 0.0654 e. The van der Waals surface area contributed by atoms with Crippen LogP contribution in [0.1, 0.15) is 63.9 Å². The lowest BCUT2D eigenvalue weighted by molar-refractivity contribution is 0.575. The summed E-state index contributed by atoms with van der Waals surface area (Å²) >= 11 is 0. The van der Waals surface area contributed by atoms with Gasteiger partial charge >= 0.3 is 0 Å². The van der Waals surface area contributed by atoms with Crippen molar-refractivity contribution in [1.82, 2.24) is 0 Å². The van der Waals surface area contributed by atoms with E-state index in [9.17, 15) is 0 Å². The predicted octanol–water partition coefficient (Wildman–Crippen LogP) is 9.34. The highest BCUT2D eigenvalue weighted by Crippen LogP contribution is 2.32. The van der Waals surface area contributed by atoms with Crippen molar-refractivity contribution in [1.29, 1.82) is 0 Å². The van der Waals surface area contributed by atoms with E-state index in [1.807, 2.05) is 0 Å². The molecule has 30 heavy (non-hydrogen) atoms. The summed E-state index contributed by atoms with van der Waals surface area (Å²) in [6.45, 7) is 2.29. The molecule has 0 heteroatoms. The van der Waals surface area contributed by atoms with Crippen molar-refractivity contribution in [3.63, 3.8) is 0 Å². The third kappa shape index (κ3) is 5.11. The second kappa shape index (κ2) is 10.4. The number of unbranched alkanes of at least 4 members (excludes halogenated alkanes) is 7. The molecule has 0 fully saturated rings. The van der Waals surface area contributed by atoms with E-state index in [1.165, 1.54) is 96.0 Å². The van der Waals surface area contributed by atoms with Crippen LogP contribution in [-0.2, 0) is 6.42 Å². The summed E-state index contributed by atoms with van der Waals surface area (Å²) in [5.41, 5.74) is 4.11. The lowest BCUT2D eigenvalue weighted by Gasteiger charge is -2.10. The lowest BCUT2D eigenvalue weighted by Crippen LogP contribution is -1.88. The lowest BCUT2D eigenvalue weighted by atomic mass is 9.94. The molecule has 0 radical (unpaired) electrons. The molecule has 0 heterocycles. The summed E-state index contributed by atoms with van der Waals surface area (Å²) in [5.74, 6) is 0. The minimum absolute atomic E-state index is 1.20. The van der Waals surface area contributed by atoms with Crippen LogP contribution < -0.4 is 0 Å². The Kier molecular flexibility index (Phi) is 7.19. The number of aryl methyl sites for hydroxylation is 1. The van der Waals surface area contributed by atoms with Gasteiger partial charge in [0.15, 0.2) is 0 Å². The summed E-state index contributed by atoms with van der Waals surface area (Å²) in [6.07, 6.45) is 12.3. The van der Waals surface area contributed by atoms with E-state index in [0.29, 0.717) is 0 Å². The van der Waals surface area contributed by atoms with Crippen LogP contribution in [-0.4, -0.2) is 0 Å². The first-order chi connectivity index (χ1) is 14.8. The number of fused-ring (bicyclic) bond motifs is 2. The van der Waals surface area contributed by atoms with Gasteiger partial charge in [0.2, 0.25) is 0 Å². The maximum atomic E-state index is 2.34. The van der Waals surface area contributed by atoms with Crippen LogP contribution in [0.15, 0.2) is 78.9 Å². The van der Waals surface area contributed by atoms with Crippen LogP contribution in [0.2, 0.25) is 0 Å². The maximum absolute atomic E-state index is 2.34. The Morgan fingerprint density at radius 3 is 1.90 bits per heavy atom. The summed E-state index contributed by atoms with van der Waals surface area (Å²) in [5, 5.41) is 5.27. The molecular formula is C30H34. The van der Waals surface area contributed by atoms with Gasteiger partial charge in [-0.15, -0.1) is 0 Å². The van der Waals surface area contributed by atoms with Gasteiger partial charge in [0.05, 0.1) is 0 Å². The third-order valence-electron chi connectivity index (χ3n) is 6.33. The molecule has 0 saturated heterocycles. The zero-order valence-corrected chi connectivity index (χ0v) is 18.4. The third-order valence-corrected chi connectivity index (χ3v) is 6.33. The fourth-order valence-electron chi connectivity index (χ4n) is 4.53. The molecule has 0 spiro atoms. The van der Waals surface area contributed by atoms with Gasteiger partial charge in [0.25, 0.3) is 0 Å². The SMILES string of the molecule is CCCCCCCCCCc1ccc(-c2cccc3cc4ccccc4cc23)cc1. The molecule has 0 aromatic heterocycles. The molecule has 0 aliphatic carbocycles. The molecule has 0 N–H and O–H groups in total. The molecule has 0 aliphatic heterocycles. The summed E-state index contributed by atoms with van der Waals surface area (Å²) in [4.78, 5) is 0. The van der Waals surface area contributed by atoms with Crippen molar-refractivity contribution in [3.8, 4) is 11.1 Å². The van der Waals surface area contributed by atoms with Crippen molar-refractivity contribution < 1.29 is 0 Å². The van der Waals surface area contributed by atoms with Gasteiger partial charge in [0.1, 0.15) is 0 Å². The van der Waals surface area contributed by atoms with Gasteiger partial charge in [-0.3, -0.25) is 0 Å². The number of hydrogen-bond acceptors (Lipinski definition) is 0. The molecular weight excluding hydrogens is 360 g/mol. The zero-order valence-electron chi connectivity index (χ0n) is 18.4. The first-order valence-corrected chi connectivity index (χ1v) is 11.9. The van der Waals surface area contributed by atoms with Crippen molar-refractivity contribution in [2.45, 2.75) is 64.7 Å². The average molecular weight is 395 g/mol. The molecule has 0 atom stereocenters. The Labute approximate surface area is 182 Å². The second-order valence-electron chi connectivity index (χ2n) is 8.65. The first-order valence-electron chi connectivity index (χ1n) is 11.9. The van der Waals surface area contributed by atoms with Gasteiger partial charge in [0, 0.05) is 0 Å². The van der Waals surface area contributed by atoms with Crippen LogP contribution >= 0.6 is 0 Å². The minimum atomic E-state index is 1.20. The van der Waals surface area contributed by atoms with E-state index in [1.54, 1.807) is 0 Å². The van der Waals surface area contributed by atoms with E-state index >= 15 is 0 Å². The molecule has 4 aromatic carbocycles. The van der Waals surface area contributed by atoms with E-state index in [2.05, 4.69) is 85.8 Å². The molecule has 0 bridgehead atoms. The van der Waals surface area contributed by atoms with Gasteiger partial charge in [-0.25, -0.2) is 0 Å². The zero-order chi connectivity index (χ0) is 20.6. The van der Waals surface area contributed by atoms with Crippen LogP contribution in [0.25, 0.3) is 32.7 Å².